The van der Waals surface area contributed by atoms with Crippen LogP contribution in [0.2, 0.25) is 0 Å². The Morgan fingerprint density at radius 3 is 2.00 bits per heavy atom. The quantitative estimate of drug-likeness (QED) is 0.488. The van der Waals surface area contributed by atoms with Gasteiger partial charge in [0.15, 0.2) is 0 Å². The number of hydrogen-bond donors (Lipinski definition) is 1. The maximum Gasteiger partial charge on any atom is 0.127 e. The Balaban J connectivity index is 2.07. The van der Waals surface area contributed by atoms with Crippen molar-refractivity contribution in [1.82, 2.24) is 4.90 Å². The summed E-state index contributed by atoms with van der Waals surface area (Å²) in [6.07, 6.45) is 0.429. The van der Waals surface area contributed by atoms with Crippen LogP contribution in [0.15, 0.2) is 84.9 Å². The number of nitrogens with zero attached hydrogens (tertiary/aromatic N) is 1. The molecule has 1 N–H and O–H groups in total. The van der Waals surface area contributed by atoms with E-state index in [4.69, 9.17) is 0 Å². The Morgan fingerprint density at radius 2 is 1.41 bits per heavy atom. The van der Waals surface area contributed by atoms with Crippen molar-refractivity contribution in [2.75, 3.05) is 0 Å². The van der Waals surface area contributed by atoms with E-state index >= 15 is 0 Å². The maximum atomic E-state index is 14.9. The van der Waals surface area contributed by atoms with E-state index in [1.165, 1.54) is 11.6 Å². The molecule has 0 heterocycles. The van der Waals surface area contributed by atoms with Crippen LogP contribution in [0.5, 0.6) is 0 Å². The summed E-state index contributed by atoms with van der Waals surface area (Å²) in [6.45, 7) is 6.38. The number of benzene rings is 3. The lowest BCUT2D eigenvalue weighted by atomic mass is 9.90. The van der Waals surface area contributed by atoms with Crippen LogP contribution in [0.4, 0.5) is 4.39 Å². The van der Waals surface area contributed by atoms with Gasteiger partial charge in [-0.25, -0.2) is 4.39 Å². The van der Waals surface area contributed by atoms with Crippen molar-refractivity contribution in [3.63, 3.8) is 0 Å². The Kier molecular flexibility index (Phi) is 6.83. The fraction of sp³-hybridized carbons (Fsp3) is 0.308. The molecule has 2 nitrogen and oxygen atoms in total. The van der Waals surface area contributed by atoms with Crippen molar-refractivity contribution >= 4 is 0 Å². The van der Waals surface area contributed by atoms with E-state index in [0.717, 1.165) is 5.56 Å². The highest BCUT2D eigenvalue weighted by Crippen LogP contribution is 2.38. The molecule has 3 rings (SSSR count). The maximum absolute atomic E-state index is 14.9. The molecule has 0 aromatic heterocycles. The van der Waals surface area contributed by atoms with E-state index < -0.39 is 5.60 Å². The molecule has 1 unspecified atom stereocenters. The number of aliphatic hydroxyl groups is 1. The van der Waals surface area contributed by atoms with Gasteiger partial charge in [0.1, 0.15) is 5.82 Å². The fourth-order valence-electron chi connectivity index (χ4n) is 3.86. The summed E-state index contributed by atoms with van der Waals surface area (Å²) in [7, 11) is 0. The molecule has 0 aliphatic carbocycles. The van der Waals surface area contributed by atoms with Crippen LogP contribution in [0.1, 0.15) is 56.0 Å². The summed E-state index contributed by atoms with van der Waals surface area (Å²) in [5.74, 6) is -0.236. The lowest BCUT2D eigenvalue weighted by Gasteiger charge is -2.40. The molecule has 152 valence electrons. The Labute approximate surface area is 173 Å². The van der Waals surface area contributed by atoms with Gasteiger partial charge in [-0.1, -0.05) is 78.9 Å². The minimum Gasteiger partial charge on any atom is -0.390 e. The van der Waals surface area contributed by atoms with Crippen LogP contribution in [-0.4, -0.2) is 15.6 Å². The predicted molar refractivity (Wildman–Crippen MR) is 117 cm³/mol. The molecule has 3 aromatic carbocycles. The van der Waals surface area contributed by atoms with Gasteiger partial charge in [0, 0.05) is 24.2 Å². The fourth-order valence-corrected chi connectivity index (χ4v) is 3.86. The second kappa shape index (κ2) is 9.34. The molecule has 0 fully saturated rings. The zero-order valence-electron chi connectivity index (χ0n) is 17.4. The molecular formula is C26H30FNO. The van der Waals surface area contributed by atoms with Gasteiger partial charge < -0.3 is 5.11 Å². The molecule has 3 heteroatoms. The van der Waals surface area contributed by atoms with Gasteiger partial charge >= 0.3 is 0 Å². The van der Waals surface area contributed by atoms with Gasteiger partial charge in [-0.3, -0.25) is 4.90 Å². The van der Waals surface area contributed by atoms with E-state index in [1.807, 2.05) is 48.5 Å². The highest BCUT2D eigenvalue weighted by atomic mass is 19.1. The lowest BCUT2D eigenvalue weighted by Crippen LogP contribution is -2.36. The summed E-state index contributed by atoms with van der Waals surface area (Å²) >= 11 is 0. The van der Waals surface area contributed by atoms with Crippen molar-refractivity contribution in [2.45, 2.75) is 51.4 Å². The predicted octanol–water partition coefficient (Wildman–Crippen LogP) is 6.29. The van der Waals surface area contributed by atoms with Crippen molar-refractivity contribution in [2.24, 2.45) is 0 Å². The lowest BCUT2D eigenvalue weighted by molar-refractivity contribution is 0.0173. The normalized spacial score (nSPS) is 14.0. The standard InChI is InChI=1S/C26H30FNO/c1-20(22-14-8-5-9-15-22)28(19-21-12-6-4-7-13-21)25(18-26(2,3)29)23-16-10-11-17-24(23)27/h4-17,20,25,29H,18-19H2,1-3H3/t20-,25?/m0/s1. The number of halogens is 1. The first-order valence-corrected chi connectivity index (χ1v) is 10.2. The first-order chi connectivity index (χ1) is 13.8. The third kappa shape index (κ3) is 5.75. The highest BCUT2D eigenvalue weighted by molar-refractivity contribution is 5.25. The molecule has 0 saturated carbocycles. The average molecular weight is 392 g/mol. The van der Waals surface area contributed by atoms with Gasteiger partial charge in [0.05, 0.1) is 5.60 Å². The van der Waals surface area contributed by atoms with Gasteiger partial charge in [-0.15, -0.1) is 0 Å². The van der Waals surface area contributed by atoms with Crippen molar-refractivity contribution in [3.8, 4) is 0 Å². The SMILES string of the molecule is C[C@@H](c1ccccc1)N(Cc1ccccc1)C(CC(C)(C)O)c1ccccc1F. The molecule has 0 saturated heterocycles. The van der Waals surface area contributed by atoms with Gasteiger partial charge in [-0.05, 0) is 44.4 Å². The molecule has 0 aliphatic rings. The molecule has 0 bridgehead atoms. The van der Waals surface area contributed by atoms with E-state index in [-0.39, 0.29) is 17.9 Å². The molecular weight excluding hydrogens is 361 g/mol. The Hall–Kier alpha value is -2.49. The minimum absolute atomic E-state index is 0.0448. The summed E-state index contributed by atoms with van der Waals surface area (Å²) < 4.78 is 14.9. The van der Waals surface area contributed by atoms with Gasteiger partial charge in [0.25, 0.3) is 0 Å². The third-order valence-corrected chi connectivity index (χ3v) is 5.34. The van der Waals surface area contributed by atoms with Crippen LogP contribution in [-0.2, 0) is 6.54 Å². The summed E-state index contributed by atoms with van der Waals surface area (Å²) in [5.41, 5.74) is 2.01. The van der Waals surface area contributed by atoms with Crippen LogP contribution in [0.25, 0.3) is 0 Å². The number of hydrogen-bond acceptors (Lipinski definition) is 2. The second-order valence-corrected chi connectivity index (χ2v) is 8.30. The van der Waals surface area contributed by atoms with E-state index in [9.17, 15) is 9.50 Å². The third-order valence-electron chi connectivity index (χ3n) is 5.34. The zero-order valence-corrected chi connectivity index (χ0v) is 17.4. The Morgan fingerprint density at radius 1 is 0.862 bits per heavy atom. The first-order valence-electron chi connectivity index (χ1n) is 10.2. The summed E-state index contributed by atoms with van der Waals surface area (Å²) in [4.78, 5) is 2.29. The van der Waals surface area contributed by atoms with Gasteiger partial charge in [0.2, 0.25) is 0 Å². The first kappa shape index (κ1) is 21.2. The second-order valence-electron chi connectivity index (χ2n) is 8.30. The van der Waals surface area contributed by atoms with Crippen molar-refractivity contribution < 1.29 is 9.50 Å². The van der Waals surface area contributed by atoms with Crippen LogP contribution < -0.4 is 0 Å². The van der Waals surface area contributed by atoms with Crippen molar-refractivity contribution in [1.29, 1.82) is 0 Å². The smallest absolute Gasteiger partial charge is 0.127 e. The monoisotopic (exact) mass is 391 g/mol. The van der Waals surface area contributed by atoms with Crippen molar-refractivity contribution in [3.05, 3.63) is 107 Å². The van der Waals surface area contributed by atoms with Crippen LogP contribution in [0.3, 0.4) is 0 Å². The highest BCUT2D eigenvalue weighted by Gasteiger charge is 2.32. The van der Waals surface area contributed by atoms with Crippen LogP contribution >= 0.6 is 0 Å². The zero-order chi connectivity index (χ0) is 20.9. The summed E-state index contributed by atoms with van der Waals surface area (Å²) in [5, 5.41) is 10.7. The topological polar surface area (TPSA) is 23.5 Å². The molecule has 0 radical (unpaired) electrons. The van der Waals surface area contributed by atoms with Crippen LogP contribution in [0, 0.1) is 5.82 Å². The van der Waals surface area contributed by atoms with E-state index in [1.54, 1.807) is 19.9 Å². The number of rotatable bonds is 8. The van der Waals surface area contributed by atoms with E-state index in [2.05, 4.69) is 36.1 Å². The molecule has 2 atom stereocenters. The summed E-state index contributed by atoms with van der Waals surface area (Å²) in [6, 6.07) is 27.2. The molecule has 0 amide bonds. The average Bonchev–Trinajstić information content (AvgIpc) is 2.71. The molecule has 3 aromatic rings. The van der Waals surface area contributed by atoms with E-state index in [0.29, 0.717) is 18.5 Å². The molecule has 0 aliphatic heterocycles. The minimum atomic E-state index is -0.932. The Bertz CT molecular complexity index is 889. The largest absolute Gasteiger partial charge is 0.390 e. The van der Waals surface area contributed by atoms with Gasteiger partial charge in [-0.2, -0.15) is 0 Å². The molecule has 0 spiro atoms. The molecule has 29 heavy (non-hydrogen) atoms.